The number of rotatable bonds is 43. The van der Waals surface area contributed by atoms with Gasteiger partial charge in [0.1, 0.15) is 19.8 Å². The Labute approximate surface area is 373 Å². The minimum absolute atomic E-state index is 0.00525. The largest absolute Gasteiger partial charge is 0.472 e. The first kappa shape index (κ1) is 58.7. The lowest BCUT2D eigenvalue weighted by atomic mass is 10.1. The zero-order chi connectivity index (χ0) is 45.1. The number of carbonyl (C=O) groups is 2. The normalized spacial score (nSPS) is 14.5. The van der Waals surface area contributed by atoms with Gasteiger partial charge in [0.15, 0.2) is 6.10 Å². The summed E-state index contributed by atoms with van der Waals surface area (Å²) in [6.45, 7) is 4.16. The molecule has 0 rings (SSSR count). The predicted molar refractivity (Wildman–Crippen MR) is 253 cm³/mol. The van der Waals surface area contributed by atoms with Crippen LogP contribution < -0.4 is 0 Å². The molecule has 0 amide bonds. The van der Waals surface area contributed by atoms with Gasteiger partial charge in [-0.15, -0.1) is 0 Å². The van der Waals surface area contributed by atoms with E-state index in [9.17, 15) is 24.2 Å². The molecule has 11 heteroatoms. The van der Waals surface area contributed by atoms with Crippen LogP contribution in [0.2, 0.25) is 0 Å². The summed E-state index contributed by atoms with van der Waals surface area (Å²) in [6.07, 6.45) is 47.3. The number of likely N-dealkylation sites (N-methyl/N-ethyl adjacent to an activating group) is 1. The molecule has 0 aliphatic carbocycles. The van der Waals surface area contributed by atoms with Crippen molar-refractivity contribution >= 4 is 19.8 Å². The van der Waals surface area contributed by atoms with E-state index >= 15 is 0 Å². The molecule has 0 saturated heterocycles. The Morgan fingerprint density at radius 3 is 1.69 bits per heavy atom. The van der Waals surface area contributed by atoms with Gasteiger partial charge in [-0.05, 0) is 70.6 Å². The highest BCUT2D eigenvalue weighted by Gasteiger charge is 2.27. The highest BCUT2D eigenvalue weighted by atomic mass is 31.2. The second kappa shape index (κ2) is 41.7. The van der Waals surface area contributed by atoms with Crippen molar-refractivity contribution in [2.24, 2.45) is 0 Å². The summed E-state index contributed by atoms with van der Waals surface area (Å²) in [7, 11) is 1.35. The van der Waals surface area contributed by atoms with Crippen LogP contribution in [0.1, 0.15) is 187 Å². The second-order valence-corrected chi connectivity index (χ2v) is 18.8. The van der Waals surface area contributed by atoms with Crippen molar-refractivity contribution in [2.75, 3.05) is 47.5 Å². The number of aliphatic hydroxyl groups excluding tert-OH is 1. The van der Waals surface area contributed by atoms with Crippen LogP contribution in [0.25, 0.3) is 0 Å². The number of nitrogens with zero attached hydrogens (tertiary/aromatic N) is 1. The number of unbranched alkanes of at least 4 members (excludes halogenated alkanes) is 18. The van der Waals surface area contributed by atoms with Crippen LogP contribution in [0.5, 0.6) is 0 Å². The summed E-state index contributed by atoms with van der Waals surface area (Å²) in [5.41, 5.74) is 0. The Kier molecular flexibility index (Phi) is 40.1. The van der Waals surface area contributed by atoms with Crippen molar-refractivity contribution < 1.29 is 47.2 Å². The third-order valence-electron chi connectivity index (χ3n) is 10.1. The number of quaternary nitrogens is 1. The van der Waals surface area contributed by atoms with E-state index in [0.717, 1.165) is 38.5 Å². The van der Waals surface area contributed by atoms with Gasteiger partial charge < -0.3 is 24.0 Å². The molecule has 61 heavy (non-hydrogen) atoms. The highest BCUT2D eigenvalue weighted by molar-refractivity contribution is 7.47. The number of ether oxygens (including phenoxy) is 2. The second-order valence-electron chi connectivity index (χ2n) is 17.3. The number of carbonyl (C=O) groups excluding carboxylic acids is 2. The molecule has 0 aliphatic heterocycles. The molecule has 0 aromatic heterocycles. The van der Waals surface area contributed by atoms with Gasteiger partial charge in [-0.1, -0.05) is 164 Å². The highest BCUT2D eigenvalue weighted by Crippen LogP contribution is 2.43. The Morgan fingerprint density at radius 1 is 0.590 bits per heavy atom. The fourth-order valence-electron chi connectivity index (χ4n) is 6.29. The van der Waals surface area contributed by atoms with Crippen molar-refractivity contribution in [3.63, 3.8) is 0 Å². The van der Waals surface area contributed by atoms with Crippen molar-refractivity contribution in [1.29, 1.82) is 0 Å². The van der Waals surface area contributed by atoms with Gasteiger partial charge in [-0.2, -0.15) is 0 Å². The molecular formula is C50H91NO9P+. The van der Waals surface area contributed by atoms with E-state index in [2.05, 4.69) is 50.3 Å². The standard InChI is InChI=1S/C50H90NO9P/c1-6-8-10-12-14-16-18-20-21-22-23-24-25-27-29-31-33-35-37-41-49(53)57-45-48(46-59-61(55,56)58-44-43-51(3,4)5)60-50(54)42-38-40-47(52)39-36-34-32-30-28-26-19-17-15-13-11-9-7-2/h15,17,20-21,26,28,32,34,36,39,47-48,52H,6-14,16,18-19,22-25,27,29-31,33,35,37-38,40-46H2,1-5H3/p+1/b17-15-,21-20-,28-26-,34-32-,39-36+/t47-,48+/m0/s1. The Balaban J connectivity index is 4.48. The molecular weight excluding hydrogens is 790 g/mol. The molecule has 0 aromatic rings. The van der Waals surface area contributed by atoms with Crippen molar-refractivity contribution in [2.45, 2.75) is 199 Å². The molecule has 3 atom stereocenters. The number of aliphatic hydroxyl groups is 1. The molecule has 0 aliphatic rings. The molecule has 10 nitrogen and oxygen atoms in total. The molecule has 0 fully saturated rings. The van der Waals surface area contributed by atoms with Crippen molar-refractivity contribution in [3.8, 4) is 0 Å². The minimum atomic E-state index is -4.43. The van der Waals surface area contributed by atoms with Gasteiger partial charge >= 0.3 is 19.8 Å². The molecule has 354 valence electrons. The summed E-state index contributed by atoms with van der Waals surface area (Å²) >= 11 is 0. The Morgan fingerprint density at radius 2 is 1.08 bits per heavy atom. The van der Waals surface area contributed by atoms with Gasteiger partial charge in [-0.25, -0.2) is 4.57 Å². The number of allylic oxidation sites excluding steroid dienone is 9. The van der Waals surface area contributed by atoms with E-state index < -0.39 is 38.6 Å². The first-order valence-corrected chi connectivity index (χ1v) is 25.6. The predicted octanol–water partition coefficient (Wildman–Crippen LogP) is 13.0. The number of phosphoric ester groups is 1. The van der Waals surface area contributed by atoms with E-state index in [1.54, 1.807) is 12.2 Å². The van der Waals surface area contributed by atoms with Crippen LogP contribution in [0.15, 0.2) is 60.8 Å². The van der Waals surface area contributed by atoms with Crippen molar-refractivity contribution in [1.82, 2.24) is 0 Å². The fraction of sp³-hybridized carbons (Fsp3) is 0.760. The lowest BCUT2D eigenvalue weighted by Crippen LogP contribution is -2.37. The first-order chi connectivity index (χ1) is 29.4. The minimum Gasteiger partial charge on any atom is -0.462 e. The molecule has 0 bridgehead atoms. The van der Waals surface area contributed by atoms with Crippen molar-refractivity contribution in [3.05, 3.63) is 60.8 Å². The number of hydrogen-bond acceptors (Lipinski definition) is 8. The van der Waals surface area contributed by atoms with Gasteiger partial charge in [0.2, 0.25) is 0 Å². The molecule has 1 unspecified atom stereocenters. The average molecular weight is 881 g/mol. The maximum atomic E-state index is 12.7. The van der Waals surface area contributed by atoms with Crippen LogP contribution in [-0.4, -0.2) is 86.1 Å². The van der Waals surface area contributed by atoms with E-state index in [-0.39, 0.29) is 26.1 Å². The third kappa shape index (κ3) is 45.5. The quantitative estimate of drug-likeness (QED) is 0.0154. The van der Waals surface area contributed by atoms with E-state index in [1.165, 1.54) is 103 Å². The van der Waals surface area contributed by atoms with E-state index in [0.29, 0.717) is 30.3 Å². The van der Waals surface area contributed by atoms with E-state index in [1.807, 2.05) is 33.3 Å². The fourth-order valence-corrected chi connectivity index (χ4v) is 7.03. The molecule has 2 N–H and O–H groups in total. The number of hydrogen-bond donors (Lipinski definition) is 2. The monoisotopic (exact) mass is 881 g/mol. The molecule has 0 aromatic carbocycles. The van der Waals surface area contributed by atoms with E-state index in [4.69, 9.17) is 18.5 Å². The van der Waals surface area contributed by atoms with Gasteiger partial charge in [0.05, 0.1) is 33.9 Å². The average Bonchev–Trinajstić information content (AvgIpc) is 3.21. The number of esters is 2. The van der Waals surface area contributed by atoms with Crippen LogP contribution in [0.3, 0.4) is 0 Å². The molecule has 0 saturated carbocycles. The van der Waals surface area contributed by atoms with Crippen LogP contribution >= 0.6 is 7.82 Å². The Bertz CT molecular complexity index is 1240. The summed E-state index contributed by atoms with van der Waals surface area (Å²) < 4.78 is 34.2. The zero-order valence-electron chi connectivity index (χ0n) is 39.5. The third-order valence-corrected chi connectivity index (χ3v) is 11.1. The summed E-state index contributed by atoms with van der Waals surface area (Å²) in [6, 6.07) is 0. The summed E-state index contributed by atoms with van der Waals surface area (Å²) in [5, 5.41) is 10.3. The molecule has 0 radical (unpaired) electrons. The molecule has 0 spiro atoms. The zero-order valence-corrected chi connectivity index (χ0v) is 40.4. The maximum absolute atomic E-state index is 12.7. The number of phosphoric acid groups is 1. The Hall–Kier alpha value is -2.33. The lowest BCUT2D eigenvalue weighted by Gasteiger charge is -2.24. The summed E-state index contributed by atoms with van der Waals surface area (Å²) in [4.78, 5) is 35.5. The lowest BCUT2D eigenvalue weighted by molar-refractivity contribution is -0.870. The first-order valence-electron chi connectivity index (χ1n) is 24.1. The smallest absolute Gasteiger partial charge is 0.462 e. The van der Waals surface area contributed by atoms with Gasteiger partial charge in [0, 0.05) is 12.8 Å². The van der Waals surface area contributed by atoms with Gasteiger partial charge in [0.25, 0.3) is 0 Å². The van der Waals surface area contributed by atoms with Crippen LogP contribution in [0, 0.1) is 0 Å². The topological polar surface area (TPSA) is 129 Å². The summed E-state index contributed by atoms with van der Waals surface area (Å²) in [5.74, 6) is -1.00. The van der Waals surface area contributed by atoms with Crippen LogP contribution in [0.4, 0.5) is 0 Å². The van der Waals surface area contributed by atoms with Gasteiger partial charge in [-0.3, -0.25) is 18.6 Å². The van der Waals surface area contributed by atoms with Crippen LogP contribution in [-0.2, 0) is 32.7 Å². The maximum Gasteiger partial charge on any atom is 0.472 e. The SMILES string of the molecule is CCCCC/C=C\C/C=C\C/C=C\C=C\[C@H](O)CCCC(=O)O[C@H](COC(=O)CCCCCCCCCCC/C=C\CCCCCCCC)COP(=O)(O)OCC[N+](C)(C)C. The molecule has 0 heterocycles.